The third-order valence-corrected chi connectivity index (χ3v) is 13.2. The van der Waals surface area contributed by atoms with Gasteiger partial charge in [0.2, 0.25) is 0 Å². The molecule has 3 heteroatoms. The van der Waals surface area contributed by atoms with Crippen molar-refractivity contribution in [3.05, 3.63) is 224 Å². The molecular formula is C60H41N3. The molecule has 0 aliphatic heterocycles. The van der Waals surface area contributed by atoms with Crippen LogP contribution in [0.25, 0.3) is 111 Å². The van der Waals surface area contributed by atoms with Crippen molar-refractivity contribution < 1.29 is 0 Å². The summed E-state index contributed by atoms with van der Waals surface area (Å²) in [4.78, 5) is 14.7. The molecule has 0 bridgehead atoms. The van der Waals surface area contributed by atoms with Crippen LogP contribution in [0.2, 0.25) is 0 Å². The second-order valence-corrected chi connectivity index (χ2v) is 17.2. The van der Waals surface area contributed by atoms with Crippen molar-refractivity contribution in [1.29, 1.82) is 0 Å². The Bertz CT molecular complexity index is 3570. The summed E-state index contributed by atoms with van der Waals surface area (Å²) in [7, 11) is 0. The maximum Gasteiger partial charge on any atom is 0.160 e. The average molecular weight is 804 g/mol. The zero-order valence-electron chi connectivity index (χ0n) is 35.0. The van der Waals surface area contributed by atoms with Crippen LogP contribution in [0.1, 0.15) is 25.0 Å². The third-order valence-electron chi connectivity index (χ3n) is 13.2. The highest BCUT2D eigenvalue weighted by Gasteiger charge is 2.36. The van der Waals surface area contributed by atoms with Gasteiger partial charge in [0.25, 0.3) is 0 Å². The number of aromatic nitrogens is 3. The topological polar surface area (TPSA) is 38.7 Å². The molecule has 1 aliphatic rings. The van der Waals surface area contributed by atoms with Gasteiger partial charge in [-0.05, 0) is 118 Å². The number of pyridine rings is 1. The summed E-state index contributed by atoms with van der Waals surface area (Å²) in [5, 5.41) is 7.37. The van der Waals surface area contributed by atoms with Crippen LogP contribution in [0.4, 0.5) is 0 Å². The van der Waals surface area contributed by atoms with Crippen LogP contribution in [0.3, 0.4) is 0 Å². The van der Waals surface area contributed by atoms with Crippen LogP contribution in [0, 0.1) is 0 Å². The lowest BCUT2D eigenvalue weighted by Crippen LogP contribution is -2.15. The van der Waals surface area contributed by atoms with Gasteiger partial charge < -0.3 is 0 Å². The van der Waals surface area contributed by atoms with Crippen molar-refractivity contribution in [1.82, 2.24) is 15.0 Å². The average Bonchev–Trinajstić information content (AvgIpc) is 3.57. The van der Waals surface area contributed by atoms with Gasteiger partial charge in [-0.1, -0.05) is 184 Å². The van der Waals surface area contributed by atoms with E-state index in [-0.39, 0.29) is 5.41 Å². The number of rotatable bonds is 6. The van der Waals surface area contributed by atoms with Gasteiger partial charge >= 0.3 is 0 Å². The molecule has 0 spiro atoms. The summed E-state index contributed by atoms with van der Waals surface area (Å²) in [6.45, 7) is 4.75. The molecule has 12 rings (SSSR count). The first-order valence-electron chi connectivity index (χ1n) is 21.7. The molecule has 9 aromatic carbocycles. The van der Waals surface area contributed by atoms with Crippen LogP contribution in [-0.4, -0.2) is 15.0 Å². The predicted molar refractivity (Wildman–Crippen MR) is 263 cm³/mol. The van der Waals surface area contributed by atoms with Gasteiger partial charge in [0, 0.05) is 34.5 Å². The Labute approximate surface area is 367 Å². The third kappa shape index (κ3) is 6.15. The molecule has 0 atom stereocenters. The quantitative estimate of drug-likeness (QED) is 0.168. The zero-order chi connectivity index (χ0) is 42.1. The van der Waals surface area contributed by atoms with E-state index in [9.17, 15) is 0 Å². The molecule has 1 aliphatic carbocycles. The van der Waals surface area contributed by atoms with Gasteiger partial charge in [-0.25, -0.2) is 9.97 Å². The highest BCUT2D eigenvalue weighted by atomic mass is 14.9. The lowest BCUT2D eigenvalue weighted by molar-refractivity contribution is 0.661. The summed E-state index contributed by atoms with van der Waals surface area (Å²) in [5.74, 6) is 0.696. The van der Waals surface area contributed by atoms with E-state index in [2.05, 4.69) is 195 Å². The molecule has 63 heavy (non-hydrogen) atoms. The second kappa shape index (κ2) is 14.6. The van der Waals surface area contributed by atoms with Crippen molar-refractivity contribution in [2.75, 3.05) is 0 Å². The lowest BCUT2D eigenvalue weighted by atomic mass is 9.80. The van der Waals surface area contributed by atoms with Crippen LogP contribution in [0.15, 0.2) is 213 Å². The predicted octanol–water partition coefficient (Wildman–Crippen LogP) is 15.6. The Morgan fingerprint density at radius 3 is 1.56 bits per heavy atom. The summed E-state index contributed by atoms with van der Waals surface area (Å²) in [6.07, 6.45) is 3.70. The van der Waals surface area contributed by atoms with Crippen LogP contribution in [0.5, 0.6) is 0 Å². The normalized spacial score (nSPS) is 12.7. The molecule has 2 heterocycles. The number of benzene rings is 9. The molecule has 0 saturated carbocycles. The van der Waals surface area contributed by atoms with Crippen molar-refractivity contribution in [3.8, 4) is 78.4 Å². The maximum atomic E-state index is 5.25. The first-order valence-corrected chi connectivity index (χ1v) is 21.7. The molecule has 0 saturated heterocycles. The highest BCUT2D eigenvalue weighted by molar-refractivity contribution is 6.12. The first kappa shape index (κ1) is 36.8. The van der Waals surface area contributed by atoms with E-state index in [4.69, 9.17) is 9.97 Å². The number of nitrogens with zero attached hydrogens (tertiary/aromatic N) is 3. The number of hydrogen-bond donors (Lipinski definition) is 0. The van der Waals surface area contributed by atoms with Gasteiger partial charge in [0.15, 0.2) is 5.82 Å². The van der Waals surface area contributed by atoms with Crippen molar-refractivity contribution in [3.63, 3.8) is 0 Å². The van der Waals surface area contributed by atoms with E-state index < -0.39 is 0 Å². The Morgan fingerprint density at radius 1 is 0.333 bits per heavy atom. The maximum absolute atomic E-state index is 5.25. The Kier molecular flexibility index (Phi) is 8.52. The van der Waals surface area contributed by atoms with Gasteiger partial charge in [-0.15, -0.1) is 0 Å². The molecule has 0 unspecified atom stereocenters. The minimum Gasteiger partial charge on any atom is -0.264 e. The highest BCUT2D eigenvalue weighted by Crippen LogP contribution is 2.51. The van der Waals surface area contributed by atoms with E-state index in [1.165, 1.54) is 71.4 Å². The zero-order valence-corrected chi connectivity index (χ0v) is 35.0. The van der Waals surface area contributed by atoms with Gasteiger partial charge in [0.1, 0.15) is 0 Å². The molecule has 0 amide bonds. The van der Waals surface area contributed by atoms with E-state index in [1.54, 1.807) is 6.20 Å². The summed E-state index contributed by atoms with van der Waals surface area (Å²) in [6, 6.07) is 72.4. The standard InChI is InChI=1S/C60H41N3/c1-60(2)55-35-43(26-27-52(55)54-33-41-15-6-7-16-42(41)34-56(54)60)45-28-29-50(47-19-9-8-18-46(45)47)51-30-31-53(49-21-11-10-20-48(49)51)58-36-57(62-59(63-58)40-13-4-3-5-14-40)39-24-22-38(23-25-39)44-17-12-32-61-37-44/h3-37H,1-2H3. The monoisotopic (exact) mass is 803 g/mol. The summed E-state index contributed by atoms with van der Waals surface area (Å²) in [5.41, 5.74) is 17.3. The number of fused-ring (bicyclic) bond motifs is 6. The van der Waals surface area contributed by atoms with Crippen molar-refractivity contribution >= 4 is 32.3 Å². The minimum absolute atomic E-state index is 0.113. The number of hydrogen-bond acceptors (Lipinski definition) is 3. The molecule has 11 aromatic rings. The summed E-state index contributed by atoms with van der Waals surface area (Å²) < 4.78 is 0. The Hall–Kier alpha value is -8.01. The van der Waals surface area contributed by atoms with Crippen molar-refractivity contribution in [2.24, 2.45) is 0 Å². The van der Waals surface area contributed by atoms with Gasteiger partial charge in [0.05, 0.1) is 11.4 Å². The first-order chi connectivity index (χ1) is 31.0. The minimum atomic E-state index is -0.113. The van der Waals surface area contributed by atoms with Gasteiger partial charge in [-0.3, -0.25) is 4.98 Å². The SMILES string of the molecule is CC1(C)c2cc(-c3ccc(-c4ccc(-c5cc(-c6ccc(-c7cccnc7)cc6)nc(-c6ccccc6)n5)c5ccccc45)c4ccccc34)ccc2-c2cc3ccccc3cc21. The summed E-state index contributed by atoms with van der Waals surface area (Å²) >= 11 is 0. The fourth-order valence-corrected chi connectivity index (χ4v) is 9.95. The van der Waals surface area contributed by atoms with E-state index in [1.807, 2.05) is 30.5 Å². The Balaban J connectivity index is 0.966. The molecule has 0 N–H and O–H groups in total. The van der Waals surface area contributed by atoms with E-state index >= 15 is 0 Å². The van der Waals surface area contributed by atoms with Crippen LogP contribution >= 0.6 is 0 Å². The molecule has 3 nitrogen and oxygen atoms in total. The van der Waals surface area contributed by atoms with Crippen LogP contribution < -0.4 is 0 Å². The lowest BCUT2D eigenvalue weighted by Gasteiger charge is -2.22. The largest absolute Gasteiger partial charge is 0.264 e. The Morgan fingerprint density at radius 2 is 0.857 bits per heavy atom. The fraction of sp³-hybridized carbons (Fsp3) is 0.0500. The smallest absolute Gasteiger partial charge is 0.160 e. The molecule has 296 valence electrons. The van der Waals surface area contributed by atoms with E-state index in [0.717, 1.165) is 44.6 Å². The van der Waals surface area contributed by atoms with Crippen LogP contribution in [-0.2, 0) is 5.41 Å². The van der Waals surface area contributed by atoms with E-state index in [0.29, 0.717) is 5.82 Å². The van der Waals surface area contributed by atoms with Crippen molar-refractivity contribution in [2.45, 2.75) is 19.3 Å². The molecule has 0 fully saturated rings. The van der Waals surface area contributed by atoms with Gasteiger partial charge in [-0.2, -0.15) is 0 Å². The fourth-order valence-electron chi connectivity index (χ4n) is 9.95. The molecule has 2 aromatic heterocycles. The molecule has 0 radical (unpaired) electrons. The molecular weight excluding hydrogens is 763 g/mol. The second-order valence-electron chi connectivity index (χ2n) is 17.2.